The van der Waals surface area contributed by atoms with Gasteiger partial charge in [-0.2, -0.15) is 0 Å². The molecule has 5 heteroatoms. The Bertz CT molecular complexity index is 696. The molecule has 0 radical (unpaired) electrons. The molecule has 0 spiro atoms. The monoisotopic (exact) mass is 321 g/mol. The summed E-state index contributed by atoms with van der Waals surface area (Å²) < 4.78 is 2.33. The summed E-state index contributed by atoms with van der Waals surface area (Å²) in [6.07, 6.45) is 1.34. The SMILES string of the molecule is Cc1cc(-n2cc(C(=O)O)ccc2=O)cc(C)c1Br. The molecule has 19 heavy (non-hydrogen) atoms. The highest BCUT2D eigenvalue weighted by Gasteiger charge is 2.09. The standard InChI is InChI=1S/C14H12BrNO3/c1-8-5-11(6-9(2)13(8)15)16-7-10(14(18)19)3-4-12(16)17/h3-7H,1-2H3,(H,18,19). The summed E-state index contributed by atoms with van der Waals surface area (Å²) in [5.41, 5.74) is 2.46. The summed E-state index contributed by atoms with van der Waals surface area (Å²) in [7, 11) is 0. The van der Waals surface area contributed by atoms with E-state index in [4.69, 9.17) is 5.11 Å². The van der Waals surface area contributed by atoms with Crippen LogP contribution < -0.4 is 5.56 Å². The van der Waals surface area contributed by atoms with E-state index in [9.17, 15) is 9.59 Å². The molecule has 0 unspecified atom stereocenters. The molecule has 0 saturated heterocycles. The lowest BCUT2D eigenvalue weighted by Gasteiger charge is -2.10. The quantitative estimate of drug-likeness (QED) is 0.925. The number of carboxylic acid groups (broad SMARTS) is 1. The van der Waals surface area contributed by atoms with Gasteiger partial charge in [-0.1, -0.05) is 15.9 Å². The number of nitrogens with zero attached hydrogens (tertiary/aromatic N) is 1. The van der Waals surface area contributed by atoms with Crippen LogP contribution >= 0.6 is 15.9 Å². The average Bonchev–Trinajstić information content (AvgIpc) is 2.35. The topological polar surface area (TPSA) is 59.3 Å². The van der Waals surface area contributed by atoms with E-state index in [2.05, 4.69) is 15.9 Å². The zero-order valence-corrected chi connectivity index (χ0v) is 12.1. The molecule has 2 aromatic rings. The number of aromatic carboxylic acids is 1. The second kappa shape index (κ2) is 5.01. The van der Waals surface area contributed by atoms with Crippen LogP contribution in [0.4, 0.5) is 0 Å². The molecule has 4 nitrogen and oxygen atoms in total. The maximum absolute atomic E-state index is 11.9. The van der Waals surface area contributed by atoms with Gasteiger partial charge in [0, 0.05) is 22.4 Å². The summed E-state index contributed by atoms with van der Waals surface area (Å²) in [6.45, 7) is 3.85. The number of carbonyl (C=O) groups is 1. The average molecular weight is 322 g/mol. The minimum Gasteiger partial charge on any atom is -0.478 e. The van der Waals surface area contributed by atoms with Gasteiger partial charge in [-0.3, -0.25) is 9.36 Å². The fraction of sp³-hybridized carbons (Fsp3) is 0.143. The Morgan fingerprint density at radius 3 is 2.32 bits per heavy atom. The van der Waals surface area contributed by atoms with Crippen molar-refractivity contribution >= 4 is 21.9 Å². The van der Waals surface area contributed by atoms with Crippen molar-refractivity contribution in [1.82, 2.24) is 4.57 Å². The first-order valence-electron chi connectivity index (χ1n) is 5.63. The third kappa shape index (κ3) is 2.61. The van der Waals surface area contributed by atoms with Gasteiger partial charge in [0.25, 0.3) is 5.56 Å². The van der Waals surface area contributed by atoms with Crippen LogP contribution in [0.25, 0.3) is 5.69 Å². The van der Waals surface area contributed by atoms with Crippen molar-refractivity contribution in [3.63, 3.8) is 0 Å². The normalized spacial score (nSPS) is 10.5. The molecule has 2 rings (SSSR count). The molecule has 1 heterocycles. The van der Waals surface area contributed by atoms with Crippen LogP contribution in [0, 0.1) is 13.8 Å². The third-order valence-electron chi connectivity index (χ3n) is 2.86. The Labute approximate surface area is 118 Å². The van der Waals surface area contributed by atoms with Crippen molar-refractivity contribution in [3.05, 3.63) is 62.0 Å². The first-order valence-corrected chi connectivity index (χ1v) is 6.42. The fourth-order valence-corrected chi connectivity index (χ4v) is 2.11. The number of aromatic nitrogens is 1. The van der Waals surface area contributed by atoms with E-state index in [1.165, 1.54) is 22.9 Å². The van der Waals surface area contributed by atoms with Crippen molar-refractivity contribution in [1.29, 1.82) is 0 Å². The summed E-state index contributed by atoms with van der Waals surface area (Å²) in [5.74, 6) is -1.06. The predicted octanol–water partition coefficient (Wildman–Crippen LogP) is 2.92. The second-order valence-corrected chi connectivity index (χ2v) is 5.12. The van der Waals surface area contributed by atoms with Crippen molar-refractivity contribution in [2.24, 2.45) is 0 Å². The van der Waals surface area contributed by atoms with Gasteiger partial charge in [-0.25, -0.2) is 4.79 Å². The smallest absolute Gasteiger partial charge is 0.337 e. The second-order valence-electron chi connectivity index (χ2n) is 4.32. The van der Waals surface area contributed by atoms with Crippen LogP contribution in [0.5, 0.6) is 0 Å². The van der Waals surface area contributed by atoms with Gasteiger partial charge in [-0.15, -0.1) is 0 Å². The fourth-order valence-electron chi connectivity index (χ4n) is 1.88. The van der Waals surface area contributed by atoms with E-state index in [-0.39, 0.29) is 11.1 Å². The first-order chi connectivity index (χ1) is 8.90. The van der Waals surface area contributed by atoms with E-state index in [0.717, 1.165) is 15.6 Å². The van der Waals surface area contributed by atoms with E-state index < -0.39 is 5.97 Å². The summed E-state index contributed by atoms with van der Waals surface area (Å²) in [5, 5.41) is 8.98. The molecule has 1 aromatic heterocycles. The van der Waals surface area contributed by atoms with Crippen molar-refractivity contribution in [2.45, 2.75) is 13.8 Å². The zero-order chi connectivity index (χ0) is 14.2. The van der Waals surface area contributed by atoms with Crippen molar-refractivity contribution < 1.29 is 9.90 Å². The van der Waals surface area contributed by atoms with Crippen LogP contribution in [0.2, 0.25) is 0 Å². The molecule has 1 aromatic carbocycles. The molecule has 1 N–H and O–H groups in total. The largest absolute Gasteiger partial charge is 0.478 e. The summed E-state index contributed by atoms with van der Waals surface area (Å²) in [4.78, 5) is 22.8. The molecule has 98 valence electrons. The van der Waals surface area contributed by atoms with Gasteiger partial charge in [0.05, 0.1) is 5.56 Å². The summed E-state index contributed by atoms with van der Waals surface area (Å²) in [6, 6.07) is 6.24. The van der Waals surface area contributed by atoms with Crippen molar-refractivity contribution in [3.8, 4) is 5.69 Å². The minimum absolute atomic E-state index is 0.0813. The Balaban J connectivity index is 2.68. The molecular formula is C14H12BrNO3. The lowest BCUT2D eigenvalue weighted by atomic mass is 10.1. The molecule has 0 aliphatic rings. The Kier molecular flexibility index (Phi) is 3.57. The van der Waals surface area contributed by atoms with Gasteiger partial charge in [0.2, 0.25) is 0 Å². The Hall–Kier alpha value is -1.88. The number of aryl methyl sites for hydroxylation is 2. The van der Waals surface area contributed by atoms with E-state index in [1.807, 2.05) is 26.0 Å². The molecular weight excluding hydrogens is 310 g/mol. The number of rotatable bonds is 2. The van der Waals surface area contributed by atoms with E-state index in [1.54, 1.807) is 0 Å². The lowest BCUT2D eigenvalue weighted by molar-refractivity contribution is 0.0696. The van der Waals surface area contributed by atoms with Gasteiger partial charge in [0.1, 0.15) is 0 Å². The van der Waals surface area contributed by atoms with Crippen LogP contribution in [0.3, 0.4) is 0 Å². The first kappa shape index (κ1) is 13.5. The molecule has 0 bridgehead atoms. The summed E-state index contributed by atoms with van der Waals surface area (Å²) >= 11 is 3.46. The van der Waals surface area contributed by atoms with Crippen LogP contribution in [0.1, 0.15) is 21.5 Å². The molecule has 0 saturated carbocycles. The minimum atomic E-state index is -1.06. The lowest BCUT2D eigenvalue weighted by Crippen LogP contribution is -2.18. The highest BCUT2D eigenvalue weighted by molar-refractivity contribution is 9.10. The van der Waals surface area contributed by atoms with Gasteiger partial charge >= 0.3 is 5.97 Å². The van der Waals surface area contributed by atoms with E-state index in [0.29, 0.717) is 5.69 Å². The molecule has 0 atom stereocenters. The Morgan fingerprint density at radius 1 is 1.21 bits per heavy atom. The zero-order valence-electron chi connectivity index (χ0n) is 10.5. The number of halogens is 1. The van der Waals surface area contributed by atoms with Crippen LogP contribution in [0.15, 0.2) is 39.7 Å². The Morgan fingerprint density at radius 2 is 1.79 bits per heavy atom. The number of carboxylic acids is 1. The number of pyridine rings is 1. The highest BCUT2D eigenvalue weighted by atomic mass is 79.9. The third-order valence-corrected chi connectivity index (χ3v) is 4.11. The molecule has 0 aliphatic carbocycles. The number of hydrogen-bond donors (Lipinski definition) is 1. The van der Waals surface area contributed by atoms with Gasteiger partial charge < -0.3 is 5.11 Å². The molecule has 0 aliphatic heterocycles. The van der Waals surface area contributed by atoms with Crippen LogP contribution in [-0.2, 0) is 0 Å². The van der Waals surface area contributed by atoms with E-state index >= 15 is 0 Å². The number of benzene rings is 1. The van der Waals surface area contributed by atoms with Crippen molar-refractivity contribution in [2.75, 3.05) is 0 Å². The predicted molar refractivity (Wildman–Crippen MR) is 76.2 cm³/mol. The molecule has 0 fully saturated rings. The maximum atomic E-state index is 11.9. The van der Waals surface area contributed by atoms with Crippen LogP contribution in [-0.4, -0.2) is 15.6 Å². The van der Waals surface area contributed by atoms with Gasteiger partial charge in [0.15, 0.2) is 0 Å². The maximum Gasteiger partial charge on any atom is 0.337 e. The van der Waals surface area contributed by atoms with Gasteiger partial charge in [-0.05, 0) is 43.2 Å². The highest BCUT2D eigenvalue weighted by Crippen LogP contribution is 2.23. The molecule has 0 amide bonds. The number of hydrogen-bond acceptors (Lipinski definition) is 2.